The van der Waals surface area contributed by atoms with E-state index in [-0.39, 0.29) is 16.8 Å². The first kappa shape index (κ1) is 22.6. The van der Waals surface area contributed by atoms with Gasteiger partial charge in [-0.3, -0.25) is 9.52 Å². The maximum atomic E-state index is 13.1. The molecule has 5 nitrogen and oxygen atoms in total. The van der Waals surface area contributed by atoms with Crippen LogP contribution in [0.1, 0.15) is 51.1 Å². The lowest BCUT2D eigenvalue weighted by Crippen LogP contribution is -2.27. The van der Waals surface area contributed by atoms with E-state index in [1.807, 2.05) is 64.1 Å². The van der Waals surface area contributed by atoms with Gasteiger partial charge < -0.3 is 5.32 Å². The average molecular weight is 437 g/mol. The number of rotatable bonds is 6. The van der Waals surface area contributed by atoms with Gasteiger partial charge in [0, 0.05) is 5.56 Å². The van der Waals surface area contributed by atoms with E-state index in [1.165, 1.54) is 6.07 Å². The van der Waals surface area contributed by atoms with E-state index < -0.39 is 10.0 Å². The summed E-state index contributed by atoms with van der Waals surface area (Å²) in [4.78, 5) is 12.9. The first-order chi connectivity index (χ1) is 14.6. The van der Waals surface area contributed by atoms with Gasteiger partial charge >= 0.3 is 0 Å². The van der Waals surface area contributed by atoms with Crippen LogP contribution < -0.4 is 10.0 Å². The van der Waals surface area contributed by atoms with Crippen LogP contribution in [0.3, 0.4) is 0 Å². The number of aryl methyl sites for hydroxylation is 4. The lowest BCUT2D eigenvalue weighted by Gasteiger charge is -2.16. The molecule has 3 aromatic carbocycles. The molecule has 2 N–H and O–H groups in total. The van der Waals surface area contributed by atoms with E-state index in [1.54, 1.807) is 25.1 Å². The first-order valence-electron chi connectivity index (χ1n) is 10.1. The van der Waals surface area contributed by atoms with Crippen LogP contribution in [0.5, 0.6) is 0 Å². The Bertz CT molecular complexity index is 1220. The summed E-state index contributed by atoms with van der Waals surface area (Å²) in [5, 5.41) is 2.94. The van der Waals surface area contributed by atoms with Crippen LogP contribution in [0, 0.1) is 27.7 Å². The zero-order valence-electron chi connectivity index (χ0n) is 18.5. The fraction of sp³-hybridized carbons (Fsp3) is 0.240. The van der Waals surface area contributed by atoms with E-state index in [9.17, 15) is 13.2 Å². The monoisotopic (exact) mass is 436 g/mol. The maximum Gasteiger partial charge on any atom is 0.262 e. The molecule has 0 saturated carbocycles. The molecule has 0 unspecified atom stereocenters. The Hall–Kier alpha value is -3.12. The molecule has 0 bridgehead atoms. The number of nitrogens with one attached hydrogen (secondary N) is 2. The van der Waals surface area contributed by atoms with Crippen LogP contribution in [0.4, 0.5) is 5.69 Å². The highest BCUT2D eigenvalue weighted by Crippen LogP contribution is 2.24. The van der Waals surface area contributed by atoms with Crippen molar-refractivity contribution in [1.82, 2.24) is 5.32 Å². The van der Waals surface area contributed by atoms with Gasteiger partial charge in [-0.2, -0.15) is 0 Å². The molecule has 3 aromatic rings. The van der Waals surface area contributed by atoms with Crippen LogP contribution in [0.15, 0.2) is 65.6 Å². The summed E-state index contributed by atoms with van der Waals surface area (Å²) in [6.45, 7) is 9.38. The van der Waals surface area contributed by atoms with E-state index in [4.69, 9.17) is 0 Å². The molecule has 0 aliphatic heterocycles. The standard InChI is InChI=1S/C25H28N2O3S/c1-16-7-11-21(12-8-16)20(5)26-25(28)22-13-10-19(4)24(15-22)31(29,30)27-23-14-17(2)6-9-18(23)3/h6-15,20,27H,1-5H3,(H,26,28)/t20-/m0/s1. The Labute approximate surface area is 184 Å². The summed E-state index contributed by atoms with van der Waals surface area (Å²) in [6.07, 6.45) is 0. The van der Waals surface area contributed by atoms with E-state index in [0.717, 1.165) is 22.3 Å². The lowest BCUT2D eigenvalue weighted by molar-refractivity contribution is 0.0939. The summed E-state index contributed by atoms with van der Waals surface area (Å²) >= 11 is 0. The second kappa shape index (κ2) is 8.94. The molecule has 0 aliphatic carbocycles. The largest absolute Gasteiger partial charge is 0.346 e. The lowest BCUT2D eigenvalue weighted by atomic mass is 10.1. The van der Waals surface area contributed by atoms with Crippen LogP contribution in [-0.2, 0) is 10.0 Å². The van der Waals surface area contributed by atoms with E-state index in [0.29, 0.717) is 16.8 Å². The van der Waals surface area contributed by atoms with Gasteiger partial charge in [-0.15, -0.1) is 0 Å². The fourth-order valence-corrected chi connectivity index (χ4v) is 4.69. The topological polar surface area (TPSA) is 75.3 Å². The molecule has 0 saturated heterocycles. The number of carbonyl (C=O) groups excluding carboxylic acids is 1. The van der Waals surface area contributed by atoms with Crippen molar-refractivity contribution in [2.45, 2.75) is 45.6 Å². The number of hydrogen-bond donors (Lipinski definition) is 2. The fourth-order valence-electron chi connectivity index (χ4n) is 3.29. The highest BCUT2D eigenvalue weighted by atomic mass is 32.2. The van der Waals surface area contributed by atoms with Crippen molar-refractivity contribution < 1.29 is 13.2 Å². The van der Waals surface area contributed by atoms with Crippen LogP contribution in [-0.4, -0.2) is 14.3 Å². The minimum atomic E-state index is -3.85. The summed E-state index contributed by atoms with van der Waals surface area (Å²) in [6, 6.07) is 18.0. The molecule has 162 valence electrons. The molecule has 0 spiro atoms. The molecular weight excluding hydrogens is 408 g/mol. The maximum absolute atomic E-state index is 13.1. The molecular formula is C25H28N2O3S. The number of benzene rings is 3. The van der Waals surface area contributed by atoms with Gasteiger partial charge in [0.05, 0.1) is 16.6 Å². The number of anilines is 1. The smallest absolute Gasteiger partial charge is 0.262 e. The van der Waals surface area contributed by atoms with Crippen molar-refractivity contribution in [3.8, 4) is 0 Å². The Kier molecular flexibility index (Phi) is 6.51. The van der Waals surface area contributed by atoms with Gasteiger partial charge in [0.1, 0.15) is 0 Å². The Balaban J connectivity index is 1.85. The Morgan fingerprint density at radius 1 is 0.806 bits per heavy atom. The number of sulfonamides is 1. The second-order valence-corrected chi connectivity index (χ2v) is 9.66. The predicted octanol–water partition coefficient (Wildman–Crippen LogP) is 5.21. The third kappa shape index (κ3) is 5.33. The quantitative estimate of drug-likeness (QED) is 0.557. The zero-order chi connectivity index (χ0) is 22.8. The van der Waals surface area contributed by atoms with Gasteiger partial charge in [-0.25, -0.2) is 8.42 Å². The number of amides is 1. The van der Waals surface area contributed by atoms with E-state index in [2.05, 4.69) is 10.0 Å². The number of hydrogen-bond acceptors (Lipinski definition) is 3. The highest BCUT2D eigenvalue weighted by Gasteiger charge is 2.21. The predicted molar refractivity (Wildman–Crippen MR) is 125 cm³/mol. The Morgan fingerprint density at radius 2 is 1.42 bits per heavy atom. The third-order valence-electron chi connectivity index (χ3n) is 5.30. The van der Waals surface area contributed by atoms with Crippen molar-refractivity contribution in [1.29, 1.82) is 0 Å². The normalized spacial score (nSPS) is 12.3. The molecule has 0 aliphatic rings. The van der Waals surface area contributed by atoms with Crippen LogP contribution in [0.25, 0.3) is 0 Å². The van der Waals surface area contributed by atoms with Gasteiger partial charge in [-0.05, 0) is 75.1 Å². The molecule has 0 radical (unpaired) electrons. The van der Waals surface area contributed by atoms with Crippen LogP contribution in [0.2, 0.25) is 0 Å². The van der Waals surface area contributed by atoms with Crippen molar-refractivity contribution >= 4 is 21.6 Å². The van der Waals surface area contributed by atoms with Crippen molar-refractivity contribution in [3.63, 3.8) is 0 Å². The number of carbonyl (C=O) groups is 1. The van der Waals surface area contributed by atoms with Crippen molar-refractivity contribution in [2.24, 2.45) is 0 Å². The molecule has 1 atom stereocenters. The summed E-state index contributed by atoms with van der Waals surface area (Å²) < 4.78 is 28.9. The molecule has 0 fully saturated rings. The summed E-state index contributed by atoms with van der Waals surface area (Å²) in [5.41, 5.74) is 5.31. The van der Waals surface area contributed by atoms with Gasteiger partial charge in [0.2, 0.25) is 0 Å². The molecule has 31 heavy (non-hydrogen) atoms. The molecule has 6 heteroatoms. The van der Waals surface area contributed by atoms with Gasteiger partial charge in [0.25, 0.3) is 15.9 Å². The Morgan fingerprint density at radius 3 is 2.10 bits per heavy atom. The van der Waals surface area contributed by atoms with Gasteiger partial charge in [-0.1, -0.05) is 48.0 Å². The minimum absolute atomic E-state index is 0.0871. The second-order valence-electron chi connectivity index (χ2n) is 8.01. The van der Waals surface area contributed by atoms with Gasteiger partial charge in [0.15, 0.2) is 0 Å². The van der Waals surface area contributed by atoms with E-state index >= 15 is 0 Å². The van der Waals surface area contributed by atoms with Crippen molar-refractivity contribution in [3.05, 3.63) is 94.0 Å². The molecule has 3 rings (SSSR count). The SMILES string of the molecule is Cc1ccc([C@H](C)NC(=O)c2ccc(C)c(S(=O)(=O)Nc3cc(C)ccc3C)c2)cc1. The van der Waals surface area contributed by atoms with Crippen molar-refractivity contribution in [2.75, 3.05) is 4.72 Å². The zero-order valence-corrected chi connectivity index (χ0v) is 19.3. The average Bonchev–Trinajstić information content (AvgIpc) is 2.71. The van der Waals surface area contributed by atoms with Crippen LogP contribution >= 0.6 is 0 Å². The summed E-state index contributed by atoms with van der Waals surface area (Å²) in [5.74, 6) is -0.323. The molecule has 0 heterocycles. The molecule has 0 aromatic heterocycles. The highest BCUT2D eigenvalue weighted by molar-refractivity contribution is 7.92. The summed E-state index contributed by atoms with van der Waals surface area (Å²) in [7, 11) is -3.85. The minimum Gasteiger partial charge on any atom is -0.346 e. The first-order valence-corrected chi connectivity index (χ1v) is 11.6. The molecule has 1 amide bonds. The third-order valence-corrected chi connectivity index (χ3v) is 6.81.